The molecule has 1 heterocycles. The Morgan fingerprint density at radius 3 is 2.40 bits per heavy atom. The van der Waals surface area contributed by atoms with Crippen LogP contribution in [0.2, 0.25) is 0 Å². The molecule has 1 aliphatic heterocycles. The van der Waals surface area contributed by atoms with Crippen LogP contribution in [-0.4, -0.2) is 35.6 Å². The van der Waals surface area contributed by atoms with Crippen LogP contribution in [-0.2, 0) is 4.79 Å². The highest BCUT2D eigenvalue weighted by molar-refractivity contribution is 5.76. The van der Waals surface area contributed by atoms with Crippen LogP contribution in [0.25, 0.3) is 0 Å². The van der Waals surface area contributed by atoms with Gasteiger partial charge in [-0.05, 0) is 31.1 Å². The number of aliphatic hydroxyl groups excluding tert-OH is 1. The molecule has 3 nitrogen and oxygen atoms in total. The van der Waals surface area contributed by atoms with E-state index < -0.39 is 0 Å². The number of likely N-dealkylation sites (tertiary alicyclic amines) is 1. The van der Waals surface area contributed by atoms with Crippen molar-refractivity contribution < 1.29 is 9.90 Å². The lowest BCUT2D eigenvalue weighted by Gasteiger charge is -2.37. The Labute approximate surface area is 92.5 Å². The summed E-state index contributed by atoms with van der Waals surface area (Å²) in [7, 11) is 0. The minimum absolute atomic E-state index is 0.195. The molecule has 0 unspecified atom stereocenters. The highest BCUT2D eigenvalue weighted by atomic mass is 16.3. The average Bonchev–Trinajstić information content (AvgIpc) is 2.18. The predicted octanol–water partition coefficient (Wildman–Crippen LogP) is 1.80. The molecule has 88 valence electrons. The van der Waals surface area contributed by atoms with Crippen molar-refractivity contribution in [1.82, 2.24) is 4.90 Å². The third kappa shape index (κ3) is 4.20. The van der Waals surface area contributed by atoms with E-state index in [9.17, 15) is 4.79 Å². The normalized spacial score (nSPS) is 20.3. The topological polar surface area (TPSA) is 40.5 Å². The SMILES string of the molecule is CC1(C)CCN(C(=O)CCCCO)CC1. The molecule has 0 aromatic carbocycles. The number of carbonyl (C=O) groups excluding carboxylic acids is 1. The van der Waals surface area contributed by atoms with E-state index >= 15 is 0 Å². The van der Waals surface area contributed by atoms with Gasteiger partial charge in [-0.25, -0.2) is 0 Å². The van der Waals surface area contributed by atoms with E-state index in [1.807, 2.05) is 4.90 Å². The maximum absolute atomic E-state index is 11.7. The van der Waals surface area contributed by atoms with E-state index in [0.717, 1.165) is 38.8 Å². The van der Waals surface area contributed by atoms with Gasteiger partial charge >= 0.3 is 0 Å². The lowest BCUT2D eigenvalue weighted by Crippen LogP contribution is -2.41. The quantitative estimate of drug-likeness (QED) is 0.723. The van der Waals surface area contributed by atoms with Crippen molar-refractivity contribution in [1.29, 1.82) is 0 Å². The molecular formula is C12H23NO2. The van der Waals surface area contributed by atoms with Crippen molar-refractivity contribution in [3.63, 3.8) is 0 Å². The van der Waals surface area contributed by atoms with Crippen LogP contribution >= 0.6 is 0 Å². The van der Waals surface area contributed by atoms with Gasteiger partial charge in [0.2, 0.25) is 5.91 Å². The average molecular weight is 213 g/mol. The smallest absolute Gasteiger partial charge is 0.222 e. The van der Waals surface area contributed by atoms with Crippen LogP contribution in [0.15, 0.2) is 0 Å². The Balaban J connectivity index is 2.24. The summed E-state index contributed by atoms with van der Waals surface area (Å²) in [5, 5.41) is 8.63. The number of unbranched alkanes of at least 4 members (excludes halogenated alkanes) is 1. The summed E-state index contributed by atoms with van der Waals surface area (Å²) in [4.78, 5) is 13.7. The standard InChI is InChI=1S/C12H23NO2/c1-12(2)6-8-13(9-7-12)11(15)5-3-4-10-14/h14H,3-10H2,1-2H3. The van der Waals surface area contributed by atoms with Gasteiger partial charge in [0.15, 0.2) is 0 Å². The highest BCUT2D eigenvalue weighted by Crippen LogP contribution is 2.29. The van der Waals surface area contributed by atoms with Crippen LogP contribution in [0.5, 0.6) is 0 Å². The predicted molar refractivity (Wildman–Crippen MR) is 60.5 cm³/mol. The van der Waals surface area contributed by atoms with E-state index in [1.165, 1.54) is 0 Å². The Bertz CT molecular complexity index is 204. The van der Waals surface area contributed by atoms with Crippen molar-refractivity contribution in [3.8, 4) is 0 Å². The van der Waals surface area contributed by atoms with Gasteiger partial charge in [-0.3, -0.25) is 4.79 Å². The molecular weight excluding hydrogens is 190 g/mol. The van der Waals surface area contributed by atoms with Gasteiger partial charge in [0.05, 0.1) is 0 Å². The van der Waals surface area contributed by atoms with E-state index in [-0.39, 0.29) is 12.5 Å². The molecule has 1 N–H and O–H groups in total. The zero-order valence-corrected chi connectivity index (χ0v) is 9.96. The minimum Gasteiger partial charge on any atom is -0.396 e. The fraction of sp³-hybridized carbons (Fsp3) is 0.917. The number of nitrogens with zero attached hydrogens (tertiary/aromatic N) is 1. The molecule has 0 spiro atoms. The molecule has 0 aliphatic carbocycles. The maximum Gasteiger partial charge on any atom is 0.222 e. The number of aliphatic hydroxyl groups is 1. The fourth-order valence-electron chi connectivity index (χ4n) is 1.91. The number of rotatable bonds is 4. The molecule has 0 atom stereocenters. The van der Waals surface area contributed by atoms with Gasteiger partial charge in [-0.15, -0.1) is 0 Å². The van der Waals surface area contributed by atoms with Crippen molar-refractivity contribution >= 4 is 5.91 Å². The molecule has 0 radical (unpaired) electrons. The third-order valence-corrected chi connectivity index (χ3v) is 3.27. The largest absolute Gasteiger partial charge is 0.396 e. The van der Waals surface area contributed by atoms with Gasteiger partial charge in [-0.1, -0.05) is 13.8 Å². The Kier molecular flexibility index (Phi) is 4.58. The van der Waals surface area contributed by atoms with Crippen LogP contribution in [0.4, 0.5) is 0 Å². The lowest BCUT2D eigenvalue weighted by molar-refractivity contribution is -0.133. The summed E-state index contributed by atoms with van der Waals surface area (Å²) < 4.78 is 0. The zero-order valence-electron chi connectivity index (χ0n) is 9.96. The lowest BCUT2D eigenvalue weighted by atomic mass is 9.82. The molecule has 1 fully saturated rings. The van der Waals surface area contributed by atoms with Gasteiger partial charge in [0.25, 0.3) is 0 Å². The first-order valence-electron chi connectivity index (χ1n) is 5.94. The summed E-state index contributed by atoms with van der Waals surface area (Å²) in [5.74, 6) is 0.263. The van der Waals surface area contributed by atoms with Crippen LogP contribution in [0.3, 0.4) is 0 Å². The highest BCUT2D eigenvalue weighted by Gasteiger charge is 2.27. The third-order valence-electron chi connectivity index (χ3n) is 3.27. The minimum atomic E-state index is 0.195. The number of hydrogen-bond donors (Lipinski definition) is 1. The monoisotopic (exact) mass is 213 g/mol. The van der Waals surface area contributed by atoms with E-state index in [0.29, 0.717) is 11.8 Å². The molecule has 1 amide bonds. The van der Waals surface area contributed by atoms with Crippen molar-refractivity contribution in [2.45, 2.75) is 46.0 Å². The van der Waals surface area contributed by atoms with E-state index in [1.54, 1.807) is 0 Å². The number of hydrogen-bond acceptors (Lipinski definition) is 2. The summed E-state index contributed by atoms with van der Waals surface area (Å²) in [6.07, 6.45) is 4.37. The number of piperidine rings is 1. The van der Waals surface area contributed by atoms with Crippen molar-refractivity contribution in [2.24, 2.45) is 5.41 Å². The maximum atomic E-state index is 11.7. The zero-order chi connectivity index (χ0) is 11.3. The molecule has 0 saturated carbocycles. The van der Waals surface area contributed by atoms with Gasteiger partial charge < -0.3 is 10.0 Å². The molecule has 0 bridgehead atoms. The van der Waals surface area contributed by atoms with Gasteiger partial charge in [0, 0.05) is 26.1 Å². The fourth-order valence-corrected chi connectivity index (χ4v) is 1.91. The van der Waals surface area contributed by atoms with Crippen molar-refractivity contribution in [2.75, 3.05) is 19.7 Å². The summed E-state index contributed by atoms with van der Waals surface area (Å²) >= 11 is 0. The molecule has 15 heavy (non-hydrogen) atoms. The first-order valence-corrected chi connectivity index (χ1v) is 5.94. The first-order chi connectivity index (χ1) is 7.05. The summed E-state index contributed by atoms with van der Waals surface area (Å²) in [6.45, 7) is 6.54. The number of amides is 1. The van der Waals surface area contributed by atoms with Crippen molar-refractivity contribution in [3.05, 3.63) is 0 Å². The second-order valence-electron chi connectivity index (χ2n) is 5.23. The summed E-state index contributed by atoms with van der Waals surface area (Å²) in [5.41, 5.74) is 0.405. The molecule has 1 aliphatic rings. The van der Waals surface area contributed by atoms with Gasteiger partial charge in [0.1, 0.15) is 0 Å². The Morgan fingerprint density at radius 1 is 1.27 bits per heavy atom. The second kappa shape index (κ2) is 5.50. The Morgan fingerprint density at radius 2 is 1.87 bits per heavy atom. The first kappa shape index (κ1) is 12.5. The molecule has 0 aromatic rings. The number of carbonyl (C=O) groups is 1. The molecule has 0 aromatic heterocycles. The molecule has 3 heteroatoms. The second-order valence-corrected chi connectivity index (χ2v) is 5.23. The van der Waals surface area contributed by atoms with E-state index in [2.05, 4.69) is 13.8 Å². The van der Waals surface area contributed by atoms with Gasteiger partial charge in [-0.2, -0.15) is 0 Å². The summed E-state index contributed by atoms with van der Waals surface area (Å²) in [6, 6.07) is 0. The molecule has 1 saturated heterocycles. The van der Waals surface area contributed by atoms with E-state index in [4.69, 9.17) is 5.11 Å². The van der Waals surface area contributed by atoms with Crippen LogP contribution in [0.1, 0.15) is 46.0 Å². The molecule has 1 rings (SSSR count). The van der Waals surface area contributed by atoms with Crippen LogP contribution < -0.4 is 0 Å². The van der Waals surface area contributed by atoms with Crippen LogP contribution in [0, 0.1) is 5.41 Å². The Hall–Kier alpha value is -0.570.